The topological polar surface area (TPSA) is 54.5 Å². The number of nitrogens with one attached hydrogen (secondary N) is 1. The molecule has 19 heavy (non-hydrogen) atoms. The van der Waals surface area contributed by atoms with E-state index in [1.54, 1.807) is 6.07 Å². The van der Waals surface area contributed by atoms with Crippen molar-refractivity contribution in [1.82, 2.24) is 10.0 Å². The quantitative estimate of drug-likeness (QED) is 0.882. The SMILES string of the molecule is CON(C)C(=O)Nc1nc(-c2ccccc2Cl)cs1. The molecule has 1 heterocycles. The lowest BCUT2D eigenvalue weighted by Gasteiger charge is -2.12. The van der Waals surface area contributed by atoms with Crippen LogP contribution in [0.4, 0.5) is 9.93 Å². The summed E-state index contributed by atoms with van der Waals surface area (Å²) in [5, 5.41) is 6.66. The van der Waals surface area contributed by atoms with Crippen LogP contribution in [0, 0.1) is 0 Å². The molecule has 0 aliphatic heterocycles. The van der Waals surface area contributed by atoms with Gasteiger partial charge in [0.1, 0.15) is 0 Å². The lowest BCUT2D eigenvalue weighted by atomic mass is 10.2. The van der Waals surface area contributed by atoms with Crippen LogP contribution in [0.3, 0.4) is 0 Å². The molecule has 0 radical (unpaired) electrons. The molecule has 0 aliphatic rings. The van der Waals surface area contributed by atoms with Crippen LogP contribution >= 0.6 is 22.9 Å². The Kier molecular flexibility index (Phi) is 4.36. The van der Waals surface area contributed by atoms with Gasteiger partial charge in [0.2, 0.25) is 0 Å². The number of carbonyl (C=O) groups excluding carboxylic acids is 1. The van der Waals surface area contributed by atoms with E-state index < -0.39 is 0 Å². The second kappa shape index (κ2) is 6.01. The zero-order valence-corrected chi connectivity index (χ0v) is 12.0. The minimum absolute atomic E-state index is 0.387. The van der Waals surface area contributed by atoms with Crippen molar-refractivity contribution >= 4 is 34.1 Å². The second-order valence-corrected chi connectivity index (χ2v) is 4.89. The third kappa shape index (κ3) is 3.23. The van der Waals surface area contributed by atoms with E-state index in [1.807, 2.05) is 23.6 Å². The van der Waals surface area contributed by atoms with Crippen molar-refractivity contribution in [3.8, 4) is 11.3 Å². The lowest BCUT2D eigenvalue weighted by molar-refractivity contribution is -0.0598. The van der Waals surface area contributed by atoms with Gasteiger partial charge < -0.3 is 0 Å². The van der Waals surface area contributed by atoms with Crippen molar-refractivity contribution in [2.24, 2.45) is 0 Å². The number of amides is 2. The maximum absolute atomic E-state index is 11.6. The number of hydrogen-bond donors (Lipinski definition) is 1. The van der Waals surface area contributed by atoms with E-state index in [0.29, 0.717) is 10.2 Å². The fraction of sp³-hybridized carbons (Fsp3) is 0.167. The summed E-state index contributed by atoms with van der Waals surface area (Å²) >= 11 is 7.42. The van der Waals surface area contributed by atoms with Gasteiger partial charge in [-0.15, -0.1) is 11.3 Å². The minimum atomic E-state index is -0.387. The number of carbonyl (C=O) groups is 1. The van der Waals surface area contributed by atoms with E-state index in [0.717, 1.165) is 16.3 Å². The zero-order chi connectivity index (χ0) is 13.8. The van der Waals surface area contributed by atoms with Crippen LogP contribution in [-0.4, -0.2) is 30.2 Å². The van der Waals surface area contributed by atoms with Crippen LogP contribution in [0.2, 0.25) is 5.02 Å². The minimum Gasteiger partial charge on any atom is -0.282 e. The molecule has 2 rings (SSSR count). The fourth-order valence-electron chi connectivity index (χ4n) is 1.38. The predicted molar refractivity (Wildman–Crippen MR) is 76.4 cm³/mol. The Morgan fingerprint density at radius 1 is 1.47 bits per heavy atom. The van der Waals surface area contributed by atoms with Crippen LogP contribution in [0.1, 0.15) is 0 Å². The number of thiazole rings is 1. The summed E-state index contributed by atoms with van der Waals surface area (Å²) in [6.45, 7) is 0. The Morgan fingerprint density at radius 2 is 2.21 bits per heavy atom. The van der Waals surface area contributed by atoms with Gasteiger partial charge in [0.25, 0.3) is 0 Å². The number of rotatable bonds is 3. The molecule has 0 saturated carbocycles. The number of nitrogens with zero attached hydrogens (tertiary/aromatic N) is 2. The maximum Gasteiger partial charge on any atom is 0.347 e. The van der Waals surface area contributed by atoms with Crippen LogP contribution in [0.15, 0.2) is 29.6 Å². The van der Waals surface area contributed by atoms with Gasteiger partial charge in [-0.05, 0) is 6.07 Å². The maximum atomic E-state index is 11.6. The smallest absolute Gasteiger partial charge is 0.282 e. The third-order valence-corrected chi connectivity index (χ3v) is 3.52. The highest BCUT2D eigenvalue weighted by atomic mass is 35.5. The van der Waals surface area contributed by atoms with E-state index in [4.69, 9.17) is 16.4 Å². The molecule has 1 aromatic carbocycles. The first kappa shape index (κ1) is 13.8. The Morgan fingerprint density at radius 3 is 2.89 bits per heavy atom. The van der Waals surface area contributed by atoms with E-state index in [2.05, 4.69) is 10.3 Å². The molecule has 2 aromatic rings. The van der Waals surface area contributed by atoms with Crippen molar-refractivity contribution in [3.05, 3.63) is 34.7 Å². The fourth-order valence-corrected chi connectivity index (χ4v) is 2.31. The first-order valence-electron chi connectivity index (χ1n) is 5.41. The van der Waals surface area contributed by atoms with E-state index in [9.17, 15) is 4.79 Å². The van der Waals surface area contributed by atoms with Gasteiger partial charge in [0, 0.05) is 23.0 Å². The summed E-state index contributed by atoms with van der Waals surface area (Å²) in [5.74, 6) is 0. The monoisotopic (exact) mass is 297 g/mol. The van der Waals surface area contributed by atoms with Gasteiger partial charge in [-0.1, -0.05) is 29.8 Å². The van der Waals surface area contributed by atoms with Crippen molar-refractivity contribution < 1.29 is 9.63 Å². The first-order valence-corrected chi connectivity index (χ1v) is 6.67. The summed E-state index contributed by atoms with van der Waals surface area (Å²) in [5.41, 5.74) is 1.56. The molecule has 2 amide bonds. The molecular formula is C12H12ClN3O2S. The Bertz CT molecular complexity index is 588. The average molecular weight is 298 g/mol. The van der Waals surface area contributed by atoms with E-state index in [-0.39, 0.29) is 6.03 Å². The normalized spacial score (nSPS) is 10.3. The number of benzene rings is 1. The molecule has 5 nitrogen and oxygen atoms in total. The number of anilines is 1. The molecule has 100 valence electrons. The molecule has 0 aliphatic carbocycles. The number of hydrogen-bond acceptors (Lipinski definition) is 4. The summed E-state index contributed by atoms with van der Waals surface area (Å²) in [7, 11) is 2.93. The summed E-state index contributed by atoms with van der Waals surface area (Å²) in [6.07, 6.45) is 0. The zero-order valence-electron chi connectivity index (χ0n) is 10.4. The van der Waals surface area contributed by atoms with Gasteiger partial charge in [-0.2, -0.15) is 0 Å². The third-order valence-electron chi connectivity index (χ3n) is 2.43. The summed E-state index contributed by atoms with van der Waals surface area (Å²) in [4.78, 5) is 20.7. The number of hydroxylamine groups is 2. The number of halogens is 1. The first-order chi connectivity index (χ1) is 9.11. The molecule has 7 heteroatoms. The van der Waals surface area contributed by atoms with Crippen molar-refractivity contribution in [3.63, 3.8) is 0 Å². The average Bonchev–Trinajstić information content (AvgIpc) is 2.86. The Hall–Kier alpha value is -1.63. The molecule has 0 atom stereocenters. The van der Waals surface area contributed by atoms with Crippen LogP contribution in [0.25, 0.3) is 11.3 Å². The molecule has 1 aromatic heterocycles. The van der Waals surface area contributed by atoms with Gasteiger partial charge in [-0.3, -0.25) is 10.2 Å². The molecule has 0 unspecified atom stereocenters. The van der Waals surface area contributed by atoms with Gasteiger partial charge in [-0.25, -0.2) is 14.8 Å². The van der Waals surface area contributed by atoms with Gasteiger partial charge in [0.05, 0.1) is 12.8 Å². The highest BCUT2D eigenvalue weighted by molar-refractivity contribution is 7.14. The van der Waals surface area contributed by atoms with Crippen LogP contribution in [-0.2, 0) is 4.84 Å². The molecule has 0 bridgehead atoms. The van der Waals surface area contributed by atoms with Crippen LogP contribution < -0.4 is 5.32 Å². The van der Waals surface area contributed by atoms with E-state index >= 15 is 0 Å². The van der Waals surface area contributed by atoms with Crippen molar-refractivity contribution in [2.45, 2.75) is 0 Å². The standard InChI is InChI=1S/C12H12ClN3O2S/c1-16(18-2)12(17)15-11-14-10(7-19-11)8-5-3-4-6-9(8)13/h3-7H,1-2H3,(H,14,15,17). The second-order valence-electron chi connectivity index (χ2n) is 3.63. The largest absolute Gasteiger partial charge is 0.347 e. The molecule has 0 spiro atoms. The summed E-state index contributed by atoms with van der Waals surface area (Å²) in [6, 6.07) is 7.03. The Labute approximate surface area is 119 Å². The number of urea groups is 1. The van der Waals surface area contributed by atoms with Gasteiger partial charge in [0.15, 0.2) is 5.13 Å². The highest BCUT2D eigenvalue weighted by Crippen LogP contribution is 2.30. The van der Waals surface area contributed by atoms with Crippen LogP contribution in [0.5, 0.6) is 0 Å². The molecular weight excluding hydrogens is 286 g/mol. The molecule has 1 N–H and O–H groups in total. The summed E-state index contributed by atoms with van der Waals surface area (Å²) < 4.78 is 0. The van der Waals surface area contributed by atoms with Crippen molar-refractivity contribution in [2.75, 3.05) is 19.5 Å². The highest BCUT2D eigenvalue weighted by Gasteiger charge is 2.12. The van der Waals surface area contributed by atoms with Crippen molar-refractivity contribution in [1.29, 1.82) is 0 Å². The lowest BCUT2D eigenvalue weighted by Crippen LogP contribution is -2.30. The van der Waals surface area contributed by atoms with E-state index in [1.165, 1.54) is 25.5 Å². The Balaban J connectivity index is 2.16. The molecule has 0 fully saturated rings. The number of aromatic nitrogens is 1. The van der Waals surface area contributed by atoms with Gasteiger partial charge >= 0.3 is 6.03 Å². The predicted octanol–water partition coefficient (Wildman–Crippen LogP) is 3.49. The molecule has 0 saturated heterocycles.